The number of carbonyl (C=O) groups is 1. The first-order chi connectivity index (χ1) is 11.1. The third-order valence-electron chi connectivity index (χ3n) is 4.11. The summed E-state index contributed by atoms with van der Waals surface area (Å²) in [7, 11) is 0. The van der Waals surface area contributed by atoms with E-state index < -0.39 is 0 Å². The predicted octanol–water partition coefficient (Wildman–Crippen LogP) is 2.86. The van der Waals surface area contributed by atoms with Crippen LogP contribution in [0.2, 0.25) is 0 Å². The molecule has 1 atom stereocenters. The van der Waals surface area contributed by atoms with E-state index in [1.54, 1.807) is 6.92 Å². The molecule has 0 aliphatic carbocycles. The van der Waals surface area contributed by atoms with Crippen LogP contribution in [0, 0.1) is 6.92 Å². The molecule has 1 fully saturated rings. The van der Waals surface area contributed by atoms with Gasteiger partial charge in [-0.3, -0.25) is 4.79 Å². The van der Waals surface area contributed by atoms with Gasteiger partial charge in [0, 0.05) is 18.8 Å². The fraction of sp³-hybridized carbons (Fsp3) is 0.471. The Morgan fingerprint density at radius 3 is 2.70 bits per heavy atom. The molecule has 0 unspecified atom stereocenters. The lowest BCUT2D eigenvalue weighted by Gasteiger charge is -2.30. The first-order valence-electron chi connectivity index (χ1n) is 8.10. The standard InChI is InChI=1S/C17H22N4O2/c1-12(17-19-13(2)20-23-17)18-16(22)14-8-4-5-9-15(14)21-10-6-3-7-11-21/h4-5,8-9,12H,3,6-7,10-11H2,1-2H3,(H,18,22)/t12-/m0/s1. The van der Waals surface area contributed by atoms with E-state index in [1.165, 1.54) is 19.3 Å². The molecule has 1 amide bonds. The van der Waals surface area contributed by atoms with Crippen molar-refractivity contribution in [2.24, 2.45) is 0 Å². The number of benzene rings is 1. The quantitative estimate of drug-likeness (QED) is 0.939. The van der Waals surface area contributed by atoms with Crippen molar-refractivity contribution in [3.05, 3.63) is 41.5 Å². The van der Waals surface area contributed by atoms with Crippen LogP contribution in [0.25, 0.3) is 0 Å². The number of nitrogens with one attached hydrogen (secondary N) is 1. The average molecular weight is 314 g/mol. The minimum absolute atomic E-state index is 0.116. The lowest BCUT2D eigenvalue weighted by molar-refractivity contribution is 0.0933. The van der Waals surface area contributed by atoms with Crippen LogP contribution in [0.3, 0.4) is 0 Å². The Kier molecular flexibility index (Phi) is 4.60. The summed E-state index contributed by atoms with van der Waals surface area (Å²) in [6, 6.07) is 7.43. The summed E-state index contributed by atoms with van der Waals surface area (Å²) in [6.45, 7) is 5.60. The van der Waals surface area contributed by atoms with Crippen molar-refractivity contribution < 1.29 is 9.32 Å². The van der Waals surface area contributed by atoms with Crippen molar-refractivity contribution in [3.8, 4) is 0 Å². The second-order valence-electron chi connectivity index (χ2n) is 5.94. The number of carbonyl (C=O) groups excluding carboxylic acids is 1. The van der Waals surface area contributed by atoms with Gasteiger partial charge in [-0.25, -0.2) is 0 Å². The highest BCUT2D eigenvalue weighted by Crippen LogP contribution is 2.24. The Balaban J connectivity index is 1.76. The third kappa shape index (κ3) is 3.52. The Morgan fingerprint density at radius 1 is 1.26 bits per heavy atom. The minimum Gasteiger partial charge on any atom is -0.371 e. The van der Waals surface area contributed by atoms with E-state index in [0.717, 1.165) is 18.8 Å². The number of para-hydroxylation sites is 1. The summed E-state index contributed by atoms with van der Waals surface area (Å²) >= 11 is 0. The molecule has 2 aromatic rings. The number of anilines is 1. The molecule has 6 nitrogen and oxygen atoms in total. The highest BCUT2D eigenvalue weighted by molar-refractivity contribution is 6.00. The van der Waals surface area contributed by atoms with Crippen molar-refractivity contribution >= 4 is 11.6 Å². The van der Waals surface area contributed by atoms with E-state index in [2.05, 4.69) is 20.4 Å². The summed E-state index contributed by atoms with van der Waals surface area (Å²) in [4.78, 5) is 19.1. The molecular weight excluding hydrogens is 292 g/mol. The van der Waals surface area contributed by atoms with Crippen LogP contribution in [0.1, 0.15) is 54.3 Å². The third-order valence-corrected chi connectivity index (χ3v) is 4.11. The van der Waals surface area contributed by atoms with Crippen LogP contribution in [0.5, 0.6) is 0 Å². The van der Waals surface area contributed by atoms with Gasteiger partial charge in [0.1, 0.15) is 6.04 Å². The van der Waals surface area contributed by atoms with Gasteiger partial charge >= 0.3 is 0 Å². The Morgan fingerprint density at radius 2 is 2.00 bits per heavy atom. The van der Waals surface area contributed by atoms with Gasteiger partial charge < -0.3 is 14.7 Å². The molecule has 0 saturated carbocycles. The van der Waals surface area contributed by atoms with Gasteiger partial charge in [-0.05, 0) is 45.2 Å². The summed E-state index contributed by atoms with van der Waals surface area (Å²) in [5, 5.41) is 6.71. The lowest BCUT2D eigenvalue weighted by atomic mass is 10.1. The number of hydrogen-bond acceptors (Lipinski definition) is 5. The summed E-state index contributed by atoms with van der Waals surface area (Å²) in [6.07, 6.45) is 3.61. The maximum Gasteiger partial charge on any atom is 0.254 e. The molecule has 23 heavy (non-hydrogen) atoms. The van der Waals surface area contributed by atoms with Gasteiger partial charge in [0.05, 0.1) is 5.56 Å². The summed E-state index contributed by atoms with van der Waals surface area (Å²) in [5.41, 5.74) is 1.69. The zero-order valence-corrected chi connectivity index (χ0v) is 13.6. The molecule has 1 N–H and O–H groups in total. The topological polar surface area (TPSA) is 71.3 Å². The van der Waals surface area contributed by atoms with E-state index in [0.29, 0.717) is 17.3 Å². The number of rotatable bonds is 4. The molecule has 1 aromatic carbocycles. The van der Waals surface area contributed by atoms with Crippen molar-refractivity contribution in [2.75, 3.05) is 18.0 Å². The molecule has 1 aliphatic rings. The number of nitrogens with zero attached hydrogens (tertiary/aromatic N) is 3. The van der Waals surface area contributed by atoms with Gasteiger partial charge in [-0.1, -0.05) is 17.3 Å². The Labute approximate surface area is 135 Å². The summed E-state index contributed by atoms with van der Waals surface area (Å²) < 4.78 is 5.12. The van der Waals surface area contributed by atoms with Crippen molar-refractivity contribution in [1.82, 2.24) is 15.5 Å². The number of piperidine rings is 1. The van der Waals surface area contributed by atoms with Crippen molar-refractivity contribution in [2.45, 2.75) is 39.2 Å². The van der Waals surface area contributed by atoms with E-state index in [4.69, 9.17) is 4.52 Å². The number of aryl methyl sites for hydroxylation is 1. The zero-order valence-electron chi connectivity index (χ0n) is 13.6. The van der Waals surface area contributed by atoms with E-state index >= 15 is 0 Å². The molecule has 2 heterocycles. The summed E-state index contributed by atoms with van der Waals surface area (Å²) in [5.74, 6) is 0.871. The fourth-order valence-electron chi connectivity index (χ4n) is 2.90. The Bertz CT molecular complexity index is 677. The number of hydrogen-bond donors (Lipinski definition) is 1. The average Bonchev–Trinajstić information content (AvgIpc) is 3.02. The van der Waals surface area contributed by atoms with Crippen LogP contribution in [-0.2, 0) is 0 Å². The highest BCUT2D eigenvalue weighted by Gasteiger charge is 2.21. The van der Waals surface area contributed by atoms with Crippen LogP contribution in [-0.4, -0.2) is 29.1 Å². The smallest absolute Gasteiger partial charge is 0.254 e. The van der Waals surface area contributed by atoms with Crippen molar-refractivity contribution in [1.29, 1.82) is 0 Å². The van der Waals surface area contributed by atoms with E-state index in [-0.39, 0.29) is 11.9 Å². The molecule has 0 bridgehead atoms. The van der Waals surface area contributed by atoms with Crippen LogP contribution in [0.15, 0.2) is 28.8 Å². The minimum atomic E-state index is -0.321. The molecular formula is C17H22N4O2. The second kappa shape index (κ2) is 6.81. The normalized spacial score (nSPS) is 16.2. The lowest BCUT2D eigenvalue weighted by Crippen LogP contribution is -2.33. The first kappa shape index (κ1) is 15.5. The molecule has 3 rings (SSSR count). The van der Waals surface area contributed by atoms with Gasteiger partial charge in [0.25, 0.3) is 5.91 Å². The Hall–Kier alpha value is -2.37. The maximum absolute atomic E-state index is 12.7. The van der Waals surface area contributed by atoms with E-state index in [9.17, 15) is 4.79 Å². The van der Waals surface area contributed by atoms with Crippen LogP contribution < -0.4 is 10.2 Å². The van der Waals surface area contributed by atoms with Gasteiger partial charge in [-0.2, -0.15) is 4.98 Å². The predicted molar refractivity (Wildman–Crippen MR) is 87.4 cm³/mol. The van der Waals surface area contributed by atoms with Crippen LogP contribution in [0.4, 0.5) is 5.69 Å². The molecule has 1 saturated heterocycles. The van der Waals surface area contributed by atoms with Crippen molar-refractivity contribution in [3.63, 3.8) is 0 Å². The molecule has 0 radical (unpaired) electrons. The molecule has 6 heteroatoms. The highest BCUT2D eigenvalue weighted by atomic mass is 16.5. The zero-order chi connectivity index (χ0) is 16.2. The number of amides is 1. The maximum atomic E-state index is 12.7. The largest absolute Gasteiger partial charge is 0.371 e. The van der Waals surface area contributed by atoms with Gasteiger partial charge in [0.2, 0.25) is 5.89 Å². The SMILES string of the molecule is Cc1noc([C@H](C)NC(=O)c2ccccc2N2CCCCC2)n1. The van der Waals surface area contributed by atoms with E-state index in [1.807, 2.05) is 31.2 Å². The van der Waals surface area contributed by atoms with Gasteiger partial charge in [-0.15, -0.1) is 0 Å². The van der Waals surface area contributed by atoms with Gasteiger partial charge in [0.15, 0.2) is 5.82 Å². The molecule has 0 spiro atoms. The monoisotopic (exact) mass is 314 g/mol. The molecule has 122 valence electrons. The molecule has 1 aromatic heterocycles. The van der Waals surface area contributed by atoms with Crippen LogP contribution >= 0.6 is 0 Å². The second-order valence-corrected chi connectivity index (χ2v) is 5.94. The molecule has 1 aliphatic heterocycles. The number of aromatic nitrogens is 2. The first-order valence-corrected chi connectivity index (χ1v) is 8.10. The fourth-order valence-corrected chi connectivity index (χ4v) is 2.90.